The van der Waals surface area contributed by atoms with Crippen molar-refractivity contribution in [2.24, 2.45) is 0 Å². The van der Waals surface area contributed by atoms with Crippen LogP contribution in [-0.4, -0.2) is 17.7 Å². The Kier molecular flexibility index (Phi) is 3.07. The average Bonchev–Trinajstić information content (AvgIpc) is 2.81. The molecule has 1 aliphatic heterocycles. The van der Waals surface area contributed by atoms with Gasteiger partial charge in [0.05, 0.1) is 6.20 Å². The van der Waals surface area contributed by atoms with Crippen LogP contribution in [0.2, 0.25) is 5.15 Å². The summed E-state index contributed by atoms with van der Waals surface area (Å²) in [5, 5.41) is 0.465. The van der Waals surface area contributed by atoms with Gasteiger partial charge in [-0.15, -0.1) is 0 Å². The maximum atomic E-state index is 5.78. The Bertz CT molecular complexity index is 517. The maximum Gasteiger partial charge on any atom is 0.137 e. The second-order valence-corrected chi connectivity index (χ2v) is 4.57. The van der Waals surface area contributed by atoms with Gasteiger partial charge in [-0.1, -0.05) is 29.8 Å². The smallest absolute Gasteiger partial charge is 0.137 e. The summed E-state index contributed by atoms with van der Waals surface area (Å²) in [6, 6.07) is 11.6. The predicted molar refractivity (Wildman–Crippen MR) is 69.3 cm³/mol. The molecule has 0 fully saturated rings. The minimum absolute atomic E-state index is 0.0677. The molecule has 18 heavy (non-hydrogen) atoms. The van der Waals surface area contributed by atoms with E-state index in [4.69, 9.17) is 21.1 Å². The van der Waals surface area contributed by atoms with Crippen LogP contribution >= 0.6 is 11.6 Å². The van der Waals surface area contributed by atoms with E-state index in [0.29, 0.717) is 17.5 Å². The molecule has 1 aromatic heterocycles. The van der Waals surface area contributed by atoms with Crippen LogP contribution in [0.1, 0.15) is 5.56 Å². The van der Waals surface area contributed by atoms with Gasteiger partial charge < -0.3 is 9.47 Å². The van der Waals surface area contributed by atoms with Crippen molar-refractivity contribution in [3.05, 3.63) is 53.3 Å². The van der Waals surface area contributed by atoms with Crippen molar-refractivity contribution in [3.8, 4) is 11.5 Å². The largest absolute Gasteiger partial charge is 0.488 e. The highest BCUT2D eigenvalue weighted by molar-refractivity contribution is 6.29. The molecule has 92 valence electrons. The lowest BCUT2D eigenvalue weighted by molar-refractivity contribution is 0.148. The summed E-state index contributed by atoms with van der Waals surface area (Å²) in [5.41, 5.74) is 1.24. The van der Waals surface area contributed by atoms with Crippen LogP contribution in [0.4, 0.5) is 0 Å². The van der Waals surface area contributed by atoms with Gasteiger partial charge in [-0.05, 0) is 23.8 Å². The van der Waals surface area contributed by atoms with Crippen molar-refractivity contribution in [2.75, 3.05) is 6.61 Å². The monoisotopic (exact) mass is 261 g/mol. The predicted octanol–water partition coefficient (Wildman–Crippen LogP) is 3.12. The third-order valence-corrected chi connectivity index (χ3v) is 3.07. The SMILES string of the molecule is Clc1ccc(OCC2Cc3ccccc3O2)cn1. The Morgan fingerprint density at radius 3 is 2.94 bits per heavy atom. The van der Waals surface area contributed by atoms with Gasteiger partial charge in [0, 0.05) is 6.42 Å². The molecule has 1 aliphatic rings. The summed E-state index contributed by atoms with van der Waals surface area (Å²) in [7, 11) is 0. The number of para-hydroxylation sites is 1. The van der Waals surface area contributed by atoms with Crippen molar-refractivity contribution in [3.63, 3.8) is 0 Å². The Labute approximate surface area is 110 Å². The van der Waals surface area contributed by atoms with Crippen LogP contribution < -0.4 is 9.47 Å². The van der Waals surface area contributed by atoms with Crippen LogP contribution in [0.25, 0.3) is 0 Å². The number of fused-ring (bicyclic) bond motifs is 1. The van der Waals surface area contributed by atoms with E-state index in [2.05, 4.69) is 11.1 Å². The highest BCUT2D eigenvalue weighted by atomic mass is 35.5. The Morgan fingerprint density at radius 1 is 1.28 bits per heavy atom. The second-order valence-electron chi connectivity index (χ2n) is 4.18. The molecule has 0 saturated carbocycles. The molecule has 4 heteroatoms. The quantitative estimate of drug-likeness (QED) is 0.796. The van der Waals surface area contributed by atoms with Crippen molar-refractivity contribution >= 4 is 11.6 Å². The summed E-state index contributed by atoms with van der Waals surface area (Å²) in [6.45, 7) is 0.512. The number of hydrogen-bond donors (Lipinski definition) is 0. The van der Waals surface area contributed by atoms with Gasteiger partial charge in [0.2, 0.25) is 0 Å². The standard InChI is InChI=1S/C14H12ClNO2/c15-14-6-5-11(8-16-14)17-9-12-7-10-3-1-2-4-13(10)18-12/h1-6,8,12H,7,9H2. The van der Waals surface area contributed by atoms with Gasteiger partial charge in [-0.25, -0.2) is 4.98 Å². The number of rotatable bonds is 3. The third kappa shape index (κ3) is 2.41. The normalized spacial score (nSPS) is 17.1. The molecule has 0 N–H and O–H groups in total. The fourth-order valence-electron chi connectivity index (χ4n) is 1.98. The lowest BCUT2D eigenvalue weighted by atomic mass is 10.1. The van der Waals surface area contributed by atoms with Crippen molar-refractivity contribution in [1.82, 2.24) is 4.98 Å². The Balaban J connectivity index is 1.58. The van der Waals surface area contributed by atoms with E-state index in [0.717, 1.165) is 12.2 Å². The molecule has 1 aromatic carbocycles. The second kappa shape index (κ2) is 4.86. The molecule has 0 saturated heterocycles. The zero-order valence-corrected chi connectivity index (χ0v) is 10.4. The topological polar surface area (TPSA) is 31.4 Å². The minimum atomic E-state index is 0.0677. The van der Waals surface area contributed by atoms with Gasteiger partial charge in [0.1, 0.15) is 29.4 Å². The third-order valence-electron chi connectivity index (χ3n) is 2.85. The molecule has 1 atom stereocenters. The number of hydrogen-bond acceptors (Lipinski definition) is 3. The van der Waals surface area contributed by atoms with E-state index in [1.165, 1.54) is 5.56 Å². The molecule has 3 rings (SSSR count). The molecule has 0 spiro atoms. The number of nitrogens with zero attached hydrogens (tertiary/aromatic N) is 1. The van der Waals surface area contributed by atoms with Gasteiger partial charge >= 0.3 is 0 Å². The number of halogens is 1. The van der Waals surface area contributed by atoms with Crippen molar-refractivity contribution in [2.45, 2.75) is 12.5 Å². The fourth-order valence-corrected chi connectivity index (χ4v) is 2.10. The molecule has 1 unspecified atom stereocenters. The lowest BCUT2D eigenvalue weighted by Gasteiger charge is -2.12. The highest BCUT2D eigenvalue weighted by Gasteiger charge is 2.22. The summed E-state index contributed by atoms with van der Waals surface area (Å²) in [6.07, 6.45) is 2.57. The number of aromatic nitrogens is 1. The lowest BCUT2D eigenvalue weighted by Crippen LogP contribution is -2.22. The first-order chi connectivity index (χ1) is 8.81. The first-order valence-electron chi connectivity index (χ1n) is 5.80. The Hall–Kier alpha value is -1.74. The zero-order chi connectivity index (χ0) is 12.4. The molecular weight excluding hydrogens is 250 g/mol. The number of benzene rings is 1. The van der Waals surface area contributed by atoms with Gasteiger partial charge in [0.15, 0.2) is 0 Å². The molecule has 2 heterocycles. The molecule has 0 radical (unpaired) electrons. The van der Waals surface area contributed by atoms with E-state index in [1.807, 2.05) is 18.2 Å². The number of ether oxygens (including phenoxy) is 2. The summed E-state index contributed by atoms with van der Waals surface area (Å²) < 4.78 is 11.4. The van der Waals surface area contributed by atoms with Crippen molar-refractivity contribution < 1.29 is 9.47 Å². The molecule has 0 amide bonds. The fraction of sp³-hybridized carbons (Fsp3) is 0.214. The molecular formula is C14H12ClNO2. The van der Waals surface area contributed by atoms with E-state index in [-0.39, 0.29) is 6.10 Å². The zero-order valence-electron chi connectivity index (χ0n) is 9.67. The molecule has 3 nitrogen and oxygen atoms in total. The first kappa shape index (κ1) is 11.4. The van der Waals surface area contributed by atoms with Crippen LogP contribution in [-0.2, 0) is 6.42 Å². The van der Waals surface area contributed by atoms with Crippen LogP contribution in [0.5, 0.6) is 11.5 Å². The van der Waals surface area contributed by atoms with E-state index >= 15 is 0 Å². The first-order valence-corrected chi connectivity index (χ1v) is 6.18. The summed E-state index contributed by atoms with van der Waals surface area (Å²) in [5.74, 6) is 1.67. The Morgan fingerprint density at radius 2 is 2.17 bits per heavy atom. The van der Waals surface area contributed by atoms with Gasteiger partial charge in [0.25, 0.3) is 0 Å². The van der Waals surface area contributed by atoms with Gasteiger partial charge in [-0.2, -0.15) is 0 Å². The molecule has 2 aromatic rings. The summed E-state index contributed by atoms with van der Waals surface area (Å²) in [4.78, 5) is 3.96. The maximum absolute atomic E-state index is 5.78. The van der Waals surface area contributed by atoms with Crippen LogP contribution in [0, 0.1) is 0 Å². The van der Waals surface area contributed by atoms with Crippen LogP contribution in [0.15, 0.2) is 42.6 Å². The van der Waals surface area contributed by atoms with Crippen LogP contribution in [0.3, 0.4) is 0 Å². The average molecular weight is 262 g/mol. The van der Waals surface area contributed by atoms with Gasteiger partial charge in [-0.3, -0.25) is 0 Å². The van der Waals surface area contributed by atoms with E-state index < -0.39 is 0 Å². The van der Waals surface area contributed by atoms with Crippen molar-refractivity contribution in [1.29, 1.82) is 0 Å². The number of pyridine rings is 1. The summed E-state index contributed by atoms with van der Waals surface area (Å²) >= 11 is 5.71. The minimum Gasteiger partial charge on any atom is -0.488 e. The van der Waals surface area contributed by atoms with E-state index in [1.54, 1.807) is 18.3 Å². The molecule has 0 bridgehead atoms. The molecule has 0 aliphatic carbocycles. The van der Waals surface area contributed by atoms with E-state index in [9.17, 15) is 0 Å². The highest BCUT2D eigenvalue weighted by Crippen LogP contribution is 2.28.